The number of anilines is 1. The Kier molecular flexibility index (Phi) is 3.26. The van der Waals surface area contributed by atoms with Crippen LogP contribution in [0.3, 0.4) is 0 Å². The van der Waals surface area contributed by atoms with Gasteiger partial charge in [0, 0.05) is 29.0 Å². The van der Waals surface area contributed by atoms with Crippen molar-refractivity contribution < 1.29 is 4.79 Å². The van der Waals surface area contributed by atoms with Crippen LogP contribution in [-0.4, -0.2) is 20.9 Å². The van der Waals surface area contributed by atoms with Crippen LogP contribution in [-0.2, 0) is 0 Å². The van der Waals surface area contributed by atoms with Gasteiger partial charge in [-0.2, -0.15) is 0 Å². The third-order valence-electron chi connectivity index (χ3n) is 2.69. The zero-order valence-corrected chi connectivity index (χ0v) is 11.0. The van der Waals surface area contributed by atoms with Gasteiger partial charge in [0.05, 0.1) is 11.2 Å². The second kappa shape index (κ2) is 5.22. The SMILES string of the molecule is O=C(Nc1cc(Cl)cc2cccnc12)c1ncccn1. The van der Waals surface area contributed by atoms with Gasteiger partial charge in [0.15, 0.2) is 0 Å². The lowest BCUT2D eigenvalue weighted by Crippen LogP contribution is -2.15. The summed E-state index contributed by atoms with van der Waals surface area (Å²) in [5.41, 5.74) is 1.20. The molecular formula is C14H9ClN4O. The van der Waals surface area contributed by atoms with E-state index >= 15 is 0 Å². The Morgan fingerprint density at radius 3 is 2.60 bits per heavy atom. The highest BCUT2D eigenvalue weighted by atomic mass is 35.5. The van der Waals surface area contributed by atoms with Gasteiger partial charge in [-0.15, -0.1) is 0 Å². The monoisotopic (exact) mass is 284 g/mol. The predicted octanol–water partition coefficient (Wildman–Crippen LogP) is 2.93. The number of carbonyl (C=O) groups is 1. The number of benzene rings is 1. The smallest absolute Gasteiger partial charge is 0.293 e. The summed E-state index contributed by atoms with van der Waals surface area (Å²) in [6.45, 7) is 0. The first-order valence-electron chi connectivity index (χ1n) is 5.87. The molecule has 0 fully saturated rings. The first-order chi connectivity index (χ1) is 9.74. The van der Waals surface area contributed by atoms with Crippen LogP contribution in [0, 0.1) is 0 Å². The molecule has 0 aliphatic heterocycles. The summed E-state index contributed by atoms with van der Waals surface area (Å²) in [5.74, 6) is -0.309. The van der Waals surface area contributed by atoms with Gasteiger partial charge in [-0.25, -0.2) is 9.97 Å². The van der Waals surface area contributed by atoms with Crippen LogP contribution in [0.2, 0.25) is 5.02 Å². The van der Waals surface area contributed by atoms with Gasteiger partial charge in [-0.05, 0) is 24.3 Å². The van der Waals surface area contributed by atoms with E-state index in [4.69, 9.17) is 11.6 Å². The molecule has 5 nitrogen and oxygen atoms in total. The van der Waals surface area contributed by atoms with Gasteiger partial charge in [-0.1, -0.05) is 17.7 Å². The summed E-state index contributed by atoms with van der Waals surface area (Å²) in [7, 11) is 0. The number of nitrogens with zero attached hydrogens (tertiary/aromatic N) is 3. The van der Waals surface area contributed by atoms with E-state index in [9.17, 15) is 4.79 Å². The number of halogens is 1. The maximum Gasteiger partial charge on any atom is 0.293 e. The third kappa shape index (κ3) is 2.44. The van der Waals surface area contributed by atoms with Gasteiger partial charge in [0.1, 0.15) is 0 Å². The number of aromatic nitrogens is 3. The van der Waals surface area contributed by atoms with Crippen molar-refractivity contribution in [3.8, 4) is 0 Å². The van der Waals surface area contributed by atoms with Gasteiger partial charge >= 0.3 is 0 Å². The predicted molar refractivity (Wildman–Crippen MR) is 76.7 cm³/mol. The number of hydrogen-bond donors (Lipinski definition) is 1. The van der Waals surface area contributed by atoms with Crippen LogP contribution in [0.1, 0.15) is 10.6 Å². The molecule has 0 atom stereocenters. The largest absolute Gasteiger partial charge is 0.317 e. The van der Waals surface area contributed by atoms with E-state index in [1.807, 2.05) is 12.1 Å². The number of rotatable bonds is 2. The number of hydrogen-bond acceptors (Lipinski definition) is 4. The molecular weight excluding hydrogens is 276 g/mol. The second-order valence-electron chi connectivity index (χ2n) is 4.05. The molecule has 0 radical (unpaired) electrons. The van der Waals surface area contributed by atoms with E-state index in [1.54, 1.807) is 24.4 Å². The van der Waals surface area contributed by atoms with E-state index in [1.165, 1.54) is 12.4 Å². The number of nitrogens with one attached hydrogen (secondary N) is 1. The van der Waals surface area contributed by atoms with Crippen LogP contribution in [0.5, 0.6) is 0 Å². The number of fused-ring (bicyclic) bond motifs is 1. The van der Waals surface area contributed by atoms with Crippen molar-refractivity contribution in [1.29, 1.82) is 0 Å². The zero-order chi connectivity index (χ0) is 13.9. The minimum Gasteiger partial charge on any atom is -0.317 e. The fourth-order valence-corrected chi connectivity index (χ4v) is 2.07. The minimum atomic E-state index is -0.403. The summed E-state index contributed by atoms with van der Waals surface area (Å²) in [5, 5.41) is 4.11. The second-order valence-corrected chi connectivity index (χ2v) is 4.49. The lowest BCUT2D eigenvalue weighted by Gasteiger charge is -2.08. The van der Waals surface area contributed by atoms with Crippen molar-refractivity contribution in [3.63, 3.8) is 0 Å². The molecule has 2 aromatic heterocycles. The summed E-state index contributed by atoms with van der Waals surface area (Å²) >= 11 is 6.04. The summed E-state index contributed by atoms with van der Waals surface area (Å²) in [6.07, 6.45) is 4.68. The van der Waals surface area contributed by atoms with Crippen LogP contribution in [0.15, 0.2) is 48.9 Å². The van der Waals surface area contributed by atoms with E-state index in [0.29, 0.717) is 16.2 Å². The molecule has 1 aromatic carbocycles. The van der Waals surface area contributed by atoms with E-state index in [2.05, 4.69) is 20.3 Å². The topological polar surface area (TPSA) is 67.8 Å². The molecule has 0 saturated carbocycles. The number of carbonyl (C=O) groups excluding carboxylic acids is 1. The van der Waals surface area contributed by atoms with E-state index in [0.717, 1.165) is 5.39 Å². The average Bonchev–Trinajstić information content (AvgIpc) is 2.48. The fourth-order valence-electron chi connectivity index (χ4n) is 1.85. The van der Waals surface area contributed by atoms with Crippen LogP contribution >= 0.6 is 11.6 Å². The van der Waals surface area contributed by atoms with Crippen LogP contribution < -0.4 is 5.32 Å². The Morgan fingerprint density at radius 2 is 1.80 bits per heavy atom. The van der Waals surface area contributed by atoms with Gasteiger partial charge in [0.25, 0.3) is 5.91 Å². The van der Waals surface area contributed by atoms with Crippen molar-refractivity contribution in [3.05, 3.63) is 59.8 Å². The lowest BCUT2D eigenvalue weighted by atomic mass is 10.2. The molecule has 0 spiro atoms. The van der Waals surface area contributed by atoms with Gasteiger partial charge in [-0.3, -0.25) is 9.78 Å². The molecule has 0 aliphatic carbocycles. The molecule has 2 heterocycles. The van der Waals surface area contributed by atoms with Gasteiger partial charge < -0.3 is 5.32 Å². The molecule has 6 heteroatoms. The van der Waals surface area contributed by atoms with E-state index < -0.39 is 5.91 Å². The standard InChI is InChI=1S/C14H9ClN4O/c15-10-7-9-3-1-4-16-12(9)11(8-10)19-14(20)13-17-5-2-6-18-13/h1-8H,(H,19,20). The first-order valence-corrected chi connectivity index (χ1v) is 6.24. The van der Waals surface area contributed by atoms with Crippen molar-refractivity contribution in [2.45, 2.75) is 0 Å². The van der Waals surface area contributed by atoms with Crippen molar-refractivity contribution in [2.75, 3.05) is 5.32 Å². The molecule has 0 saturated heterocycles. The highest BCUT2D eigenvalue weighted by Gasteiger charge is 2.11. The van der Waals surface area contributed by atoms with Gasteiger partial charge in [0.2, 0.25) is 5.82 Å². The van der Waals surface area contributed by atoms with Crippen LogP contribution in [0.4, 0.5) is 5.69 Å². The number of pyridine rings is 1. The minimum absolute atomic E-state index is 0.0940. The molecule has 3 aromatic rings. The normalized spacial score (nSPS) is 10.4. The molecule has 3 rings (SSSR count). The molecule has 1 N–H and O–H groups in total. The summed E-state index contributed by atoms with van der Waals surface area (Å²) in [4.78, 5) is 24.1. The summed E-state index contributed by atoms with van der Waals surface area (Å²) in [6, 6.07) is 8.77. The Labute approximate surface area is 119 Å². The lowest BCUT2D eigenvalue weighted by molar-refractivity contribution is 0.101. The zero-order valence-electron chi connectivity index (χ0n) is 10.2. The van der Waals surface area contributed by atoms with Crippen LogP contribution in [0.25, 0.3) is 10.9 Å². The molecule has 98 valence electrons. The Balaban J connectivity index is 2.01. The molecule has 0 unspecified atom stereocenters. The third-order valence-corrected chi connectivity index (χ3v) is 2.90. The first kappa shape index (κ1) is 12.5. The molecule has 0 bridgehead atoms. The summed E-state index contributed by atoms with van der Waals surface area (Å²) < 4.78 is 0. The maximum atomic E-state index is 12.1. The van der Waals surface area contributed by atoms with Crippen molar-refractivity contribution in [2.24, 2.45) is 0 Å². The average molecular weight is 285 g/mol. The highest BCUT2D eigenvalue weighted by molar-refractivity contribution is 6.32. The molecule has 0 aliphatic rings. The maximum absolute atomic E-state index is 12.1. The quantitative estimate of drug-likeness (QED) is 0.785. The highest BCUT2D eigenvalue weighted by Crippen LogP contribution is 2.26. The van der Waals surface area contributed by atoms with Crippen molar-refractivity contribution >= 4 is 34.1 Å². The molecule has 20 heavy (non-hydrogen) atoms. The Morgan fingerprint density at radius 1 is 1.05 bits per heavy atom. The van der Waals surface area contributed by atoms with E-state index in [-0.39, 0.29) is 5.82 Å². The molecule has 1 amide bonds. The van der Waals surface area contributed by atoms with Crippen molar-refractivity contribution in [1.82, 2.24) is 15.0 Å². The Hall–Kier alpha value is -2.53. The number of amides is 1. The fraction of sp³-hybridized carbons (Fsp3) is 0. The Bertz CT molecular complexity index is 776.